The number of hydrogen-bond donors (Lipinski definition) is 3. The summed E-state index contributed by atoms with van der Waals surface area (Å²) in [4.78, 5) is 10.9. The van der Waals surface area contributed by atoms with Crippen LogP contribution in [0.15, 0.2) is 30.5 Å². The normalized spacial score (nSPS) is 22.0. The monoisotopic (exact) mass is 370 g/mol. The number of fused-ring (bicyclic) bond motifs is 1. The predicted molar refractivity (Wildman–Crippen MR) is 102 cm³/mol. The minimum Gasteiger partial charge on any atom is -0.388 e. The zero-order chi connectivity index (χ0) is 18.4. The van der Waals surface area contributed by atoms with Gasteiger partial charge in [0.2, 0.25) is 0 Å². The molecule has 5 rings (SSSR count). The summed E-state index contributed by atoms with van der Waals surface area (Å²) in [5, 5.41) is 21.8. The molecule has 1 saturated heterocycles. The van der Waals surface area contributed by atoms with E-state index in [1.165, 1.54) is 6.07 Å². The third-order valence-corrected chi connectivity index (χ3v) is 5.77. The van der Waals surface area contributed by atoms with Crippen molar-refractivity contribution in [3.05, 3.63) is 36.3 Å². The molecule has 0 radical (unpaired) electrons. The first kappa shape index (κ1) is 16.6. The molecular weight excluding hydrogens is 347 g/mol. The maximum atomic E-state index is 14.6. The average molecular weight is 370 g/mol. The summed E-state index contributed by atoms with van der Waals surface area (Å²) < 4.78 is 14.6. The van der Waals surface area contributed by atoms with Crippen molar-refractivity contribution in [2.75, 3.05) is 24.5 Å². The Bertz CT molecular complexity index is 991. The third-order valence-electron chi connectivity index (χ3n) is 5.77. The number of halogens is 1. The second-order valence-electron chi connectivity index (χ2n) is 7.38. The highest BCUT2D eigenvalue weighted by atomic mass is 19.1. The van der Waals surface area contributed by atoms with Crippen LogP contribution in [0.2, 0.25) is 0 Å². The molecule has 3 aromatic heterocycles. The number of pyridine rings is 2. The highest BCUT2D eigenvalue weighted by molar-refractivity contribution is 5.89. The summed E-state index contributed by atoms with van der Waals surface area (Å²) in [6.07, 6.45) is 4.37. The van der Waals surface area contributed by atoms with Crippen LogP contribution >= 0.6 is 0 Å². The molecule has 8 heteroatoms. The number of nitrogens with zero attached hydrogens (tertiary/aromatic N) is 4. The summed E-state index contributed by atoms with van der Waals surface area (Å²) in [5.41, 5.74) is 0.669. The third kappa shape index (κ3) is 2.76. The number of rotatable bonds is 3. The summed E-state index contributed by atoms with van der Waals surface area (Å²) in [6.45, 7) is 2.17. The number of aromatic amines is 1. The lowest BCUT2D eigenvalue weighted by Crippen LogP contribution is -2.64. The second kappa shape index (κ2) is 6.24. The average Bonchev–Trinajstić information content (AvgIpc) is 3.10. The standard InChI is InChI=1S/C19H21FN6O.H2/c20-13-4-5-15(26-10-9-21-14(11-26)19(27)6-2-7-19)23-17(13)16-12-3-1-8-22-18(12)25-24-16;/h1,3-5,8,14,21,27H,2,6-7,9-11H2,(H,22,24,25);1H. The molecule has 1 saturated carbocycles. The van der Waals surface area contributed by atoms with Gasteiger partial charge in [0.1, 0.15) is 11.5 Å². The van der Waals surface area contributed by atoms with E-state index in [0.29, 0.717) is 23.7 Å². The number of H-pyrrole nitrogens is 1. The molecule has 3 aromatic rings. The van der Waals surface area contributed by atoms with Gasteiger partial charge in [0.05, 0.1) is 17.3 Å². The lowest BCUT2D eigenvalue weighted by molar-refractivity contribution is -0.0650. The van der Waals surface area contributed by atoms with Gasteiger partial charge in [-0.2, -0.15) is 5.10 Å². The fourth-order valence-electron chi connectivity index (χ4n) is 4.02. The van der Waals surface area contributed by atoms with E-state index in [1.807, 2.05) is 6.07 Å². The molecule has 1 aliphatic heterocycles. The van der Waals surface area contributed by atoms with Crippen LogP contribution < -0.4 is 10.2 Å². The summed E-state index contributed by atoms with van der Waals surface area (Å²) in [7, 11) is 0. The second-order valence-corrected chi connectivity index (χ2v) is 7.38. The predicted octanol–water partition coefficient (Wildman–Crippen LogP) is 2.10. The first-order valence-electron chi connectivity index (χ1n) is 9.31. The zero-order valence-electron chi connectivity index (χ0n) is 14.8. The number of nitrogens with one attached hydrogen (secondary N) is 2. The van der Waals surface area contributed by atoms with Crippen LogP contribution in [-0.4, -0.2) is 56.5 Å². The smallest absolute Gasteiger partial charge is 0.181 e. The van der Waals surface area contributed by atoms with Crippen molar-refractivity contribution < 1.29 is 10.9 Å². The molecule has 0 spiro atoms. The molecule has 2 fully saturated rings. The van der Waals surface area contributed by atoms with Gasteiger partial charge in [-0.15, -0.1) is 0 Å². The minimum atomic E-state index is -0.632. The van der Waals surface area contributed by atoms with E-state index < -0.39 is 11.4 Å². The molecule has 4 heterocycles. The lowest BCUT2D eigenvalue weighted by atomic mass is 9.74. The molecule has 1 aliphatic carbocycles. The molecule has 2 aliphatic rings. The van der Waals surface area contributed by atoms with E-state index in [0.717, 1.165) is 37.7 Å². The number of piperazine rings is 1. The molecular formula is C19H23FN6O. The van der Waals surface area contributed by atoms with Crippen LogP contribution in [0.3, 0.4) is 0 Å². The van der Waals surface area contributed by atoms with Gasteiger partial charge in [-0.05, 0) is 43.5 Å². The quantitative estimate of drug-likeness (QED) is 0.654. The fraction of sp³-hybridized carbons (Fsp3) is 0.421. The van der Waals surface area contributed by atoms with Gasteiger partial charge in [-0.3, -0.25) is 5.10 Å². The molecule has 1 unspecified atom stereocenters. The maximum Gasteiger partial charge on any atom is 0.181 e. The topological polar surface area (TPSA) is 90.0 Å². The molecule has 7 nitrogen and oxygen atoms in total. The van der Waals surface area contributed by atoms with Gasteiger partial charge in [0, 0.05) is 32.6 Å². The molecule has 1 atom stereocenters. The molecule has 0 aromatic carbocycles. The van der Waals surface area contributed by atoms with Gasteiger partial charge in [0.25, 0.3) is 0 Å². The first-order chi connectivity index (χ1) is 13.1. The van der Waals surface area contributed by atoms with Crippen molar-refractivity contribution >= 4 is 16.9 Å². The van der Waals surface area contributed by atoms with Gasteiger partial charge in [-0.25, -0.2) is 14.4 Å². The van der Waals surface area contributed by atoms with Crippen molar-refractivity contribution in [1.82, 2.24) is 25.5 Å². The minimum absolute atomic E-state index is 0. The summed E-state index contributed by atoms with van der Waals surface area (Å²) in [5.74, 6) is 0.296. The lowest BCUT2D eigenvalue weighted by Gasteiger charge is -2.48. The Hall–Kier alpha value is -2.58. The van der Waals surface area contributed by atoms with Crippen LogP contribution in [0.1, 0.15) is 20.7 Å². The van der Waals surface area contributed by atoms with Crippen LogP contribution in [-0.2, 0) is 0 Å². The van der Waals surface area contributed by atoms with E-state index in [4.69, 9.17) is 0 Å². The molecule has 142 valence electrons. The first-order valence-corrected chi connectivity index (χ1v) is 9.31. The Morgan fingerprint density at radius 1 is 1.30 bits per heavy atom. The van der Waals surface area contributed by atoms with Crippen molar-refractivity contribution in [2.24, 2.45) is 0 Å². The van der Waals surface area contributed by atoms with Gasteiger partial charge >= 0.3 is 0 Å². The summed E-state index contributed by atoms with van der Waals surface area (Å²) in [6, 6.07) is 6.79. The van der Waals surface area contributed by atoms with Crippen LogP contribution in [0.4, 0.5) is 10.2 Å². The molecule has 0 amide bonds. The van der Waals surface area contributed by atoms with E-state index >= 15 is 0 Å². The summed E-state index contributed by atoms with van der Waals surface area (Å²) >= 11 is 0. The van der Waals surface area contributed by atoms with Crippen LogP contribution in [0, 0.1) is 5.82 Å². The molecule has 3 N–H and O–H groups in total. The highest BCUT2D eigenvalue weighted by Crippen LogP contribution is 2.36. The fourth-order valence-corrected chi connectivity index (χ4v) is 4.02. The Labute approximate surface area is 157 Å². The maximum absolute atomic E-state index is 14.6. The number of hydrogen-bond acceptors (Lipinski definition) is 6. The molecule has 27 heavy (non-hydrogen) atoms. The number of aromatic nitrogens is 4. The van der Waals surface area contributed by atoms with Gasteiger partial charge in [-0.1, -0.05) is 0 Å². The van der Waals surface area contributed by atoms with Crippen LogP contribution in [0.25, 0.3) is 22.4 Å². The SMILES string of the molecule is OC1(C2CN(c3ccc(F)c(-c4[nH]nc5ncccc45)n3)CCN2)CCC1.[HH]. The van der Waals surface area contributed by atoms with Crippen LogP contribution in [0.5, 0.6) is 0 Å². The van der Waals surface area contributed by atoms with E-state index in [1.54, 1.807) is 18.3 Å². The van der Waals surface area contributed by atoms with Crippen molar-refractivity contribution in [1.29, 1.82) is 0 Å². The van der Waals surface area contributed by atoms with Crippen molar-refractivity contribution in [2.45, 2.75) is 30.9 Å². The Kier molecular flexibility index (Phi) is 3.84. The Balaban J connectivity index is 0.00000192. The highest BCUT2D eigenvalue weighted by Gasteiger charge is 2.44. The van der Waals surface area contributed by atoms with Gasteiger partial charge < -0.3 is 15.3 Å². The van der Waals surface area contributed by atoms with Crippen molar-refractivity contribution in [3.8, 4) is 11.4 Å². The van der Waals surface area contributed by atoms with E-state index in [2.05, 4.69) is 30.4 Å². The Morgan fingerprint density at radius 3 is 3.00 bits per heavy atom. The number of anilines is 1. The number of aliphatic hydroxyl groups is 1. The van der Waals surface area contributed by atoms with Gasteiger partial charge in [0.15, 0.2) is 11.5 Å². The van der Waals surface area contributed by atoms with Crippen molar-refractivity contribution in [3.63, 3.8) is 0 Å². The largest absolute Gasteiger partial charge is 0.388 e. The zero-order valence-corrected chi connectivity index (χ0v) is 14.8. The Morgan fingerprint density at radius 2 is 2.19 bits per heavy atom. The molecule has 0 bridgehead atoms. The van der Waals surface area contributed by atoms with E-state index in [-0.39, 0.29) is 13.2 Å². The van der Waals surface area contributed by atoms with E-state index in [9.17, 15) is 9.50 Å².